The summed E-state index contributed by atoms with van der Waals surface area (Å²) in [7, 11) is 1.36. The zero-order valence-corrected chi connectivity index (χ0v) is 12.3. The molecule has 2 heteroatoms. The minimum atomic E-state index is 0.207. The second-order valence-corrected chi connectivity index (χ2v) is 8.76. The van der Waals surface area contributed by atoms with Crippen molar-refractivity contribution in [1.82, 2.24) is 0 Å². The van der Waals surface area contributed by atoms with Crippen molar-refractivity contribution < 1.29 is 0 Å². The number of rotatable bonds is 8. The van der Waals surface area contributed by atoms with Crippen molar-refractivity contribution in [3.8, 4) is 0 Å². The van der Waals surface area contributed by atoms with E-state index >= 15 is 0 Å². The third kappa shape index (κ3) is 7.04. The molecule has 0 nitrogen and oxygen atoms in total. The van der Waals surface area contributed by atoms with E-state index in [2.05, 4.69) is 37.3 Å². The van der Waals surface area contributed by atoms with Crippen LogP contribution in [-0.4, -0.2) is 6.16 Å². The fraction of sp³-hybridized carbons (Fsp3) is 0.538. The van der Waals surface area contributed by atoms with Crippen LogP contribution in [0, 0.1) is 0 Å². The molecule has 0 fully saturated rings. The van der Waals surface area contributed by atoms with E-state index in [1.165, 1.54) is 32.1 Å². The fourth-order valence-electron chi connectivity index (χ4n) is 1.69. The van der Waals surface area contributed by atoms with E-state index in [1.54, 1.807) is 11.5 Å². The number of benzene rings is 1. The molecule has 1 rings (SSSR count). The van der Waals surface area contributed by atoms with Gasteiger partial charge in [-0.3, -0.25) is 0 Å². The van der Waals surface area contributed by atoms with E-state index in [0.29, 0.717) is 0 Å². The number of unbranched alkanes of at least 4 members (excludes halogenated alkanes) is 4. The van der Waals surface area contributed by atoms with Gasteiger partial charge in [0, 0.05) is 0 Å². The molecule has 0 bridgehead atoms. The van der Waals surface area contributed by atoms with E-state index < -0.39 is 0 Å². The average Bonchev–Trinajstić information content (AvgIpc) is 2.29. The van der Waals surface area contributed by atoms with Crippen molar-refractivity contribution >= 4 is 21.8 Å². The molecule has 0 saturated heterocycles. The molecule has 1 aromatic carbocycles. The maximum absolute atomic E-state index is 2.28. The molecule has 0 radical (unpaired) electrons. The van der Waals surface area contributed by atoms with Gasteiger partial charge in [-0.25, -0.2) is 0 Å². The van der Waals surface area contributed by atoms with Crippen molar-refractivity contribution in [2.45, 2.75) is 39.0 Å². The summed E-state index contributed by atoms with van der Waals surface area (Å²) in [6.07, 6.45) is 8.77. The summed E-state index contributed by atoms with van der Waals surface area (Å²) in [6.45, 7) is 2.28. The van der Waals surface area contributed by atoms with Crippen LogP contribution in [0.4, 0.5) is 0 Å². The van der Waals surface area contributed by atoms with Crippen LogP contribution < -0.4 is 5.30 Å². The average molecular weight is 242 g/mol. The first-order chi connectivity index (χ1) is 7.43. The van der Waals surface area contributed by atoms with Crippen molar-refractivity contribution in [3.05, 3.63) is 30.3 Å². The maximum atomic E-state index is 2.28. The summed E-state index contributed by atoms with van der Waals surface area (Å²) in [5, 5.41) is 1.58. The third-order valence-corrected chi connectivity index (χ3v) is 7.51. The zero-order valence-electron chi connectivity index (χ0n) is 9.84. The second-order valence-electron chi connectivity index (χ2n) is 4.06. The van der Waals surface area contributed by atoms with Gasteiger partial charge in [0.1, 0.15) is 0 Å². The van der Waals surface area contributed by atoms with Gasteiger partial charge >= 0.3 is 97.4 Å². The number of hydrogen-bond acceptors (Lipinski definition) is 0. The molecule has 0 N–H and O–H groups in total. The van der Waals surface area contributed by atoms with Gasteiger partial charge in [-0.1, -0.05) is 0 Å². The summed E-state index contributed by atoms with van der Waals surface area (Å²) in [6, 6.07) is 11.0. The van der Waals surface area contributed by atoms with Crippen LogP contribution in [-0.2, 0) is 0 Å². The molecule has 0 amide bonds. The molecule has 86 valence electrons. The predicted molar refractivity (Wildman–Crippen MR) is 79.1 cm³/mol. The Morgan fingerprint density at radius 3 is 2.47 bits per heavy atom. The minimum absolute atomic E-state index is 0.207. The number of hydrogen-bond donors (Lipinski definition) is 0. The molecule has 1 unspecified atom stereocenters. The summed E-state index contributed by atoms with van der Waals surface area (Å²) in [4.78, 5) is 0. The molecule has 0 aromatic heterocycles. The Morgan fingerprint density at radius 2 is 1.73 bits per heavy atom. The van der Waals surface area contributed by atoms with Crippen LogP contribution in [0.15, 0.2) is 30.3 Å². The Labute approximate surface area is 97.7 Å². The van der Waals surface area contributed by atoms with Crippen LogP contribution in [0.2, 0.25) is 0 Å². The second kappa shape index (κ2) is 9.32. The molecular formula is C13H24P2. The normalized spacial score (nSPS) is 11.5. The Bertz CT molecular complexity index is 234. The molecule has 0 aliphatic carbocycles. The first-order valence-corrected chi connectivity index (χ1v) is 10.5. The Morgan fingerprint density at radius 1 is 1.00 bits per heavy atom. The van der Waals surface area contributed by atoms with Gasteiger partial charge in [-0.2, -0.15) is 0 Å². The SMILES string of the molecule is CCCCCCC[PH3]Pc1ccccc1. The van der Waals surface area contributed by atoms with Crippen LogP contribution in [0.3, 0.4) is 0 Å². The van der Waals surface area contributed by atoms with Crippen molar-refractivity contribution in [1.29, 1.82) is 0 Å². The molecule has 0 spiro atoms. The molecule has 1 atom stereocenters. The molecule has 0 aliphatic rings. The van der Waals surface area contributed by atoms with Crippen LogP contribution in [0.5, 0.6) is 0 Å². The molecule has 0 saturated carbocycles. The monoisotopic (exact) mass is 242 g/mol. The Kier molecular flexibility index (Phi) is 8.17. The quantitative estimate of drug-likeness (QED) is 0.477. The zero-order chi connectivity index (χ0) is 10.8. The summed E-state index contributed by atoms with van der Waals surface area (Å²) < 4.78 is 0. The summed E-state index contributed by atoms with van der Waals surface area (Å²) in [5.41, 5.74) is 0. The van der Waals surface area contributed by atoms with Gasteiger partial charge in [-0.05, 0) is 0 Å². The van der Waals surface area contributed by atoms with E-state index in [0.717, 1.165) is 8.27 Å². The van der Waals surface area contributed by atoms with Gasteiger partial charge in [0.15, 0.2) is 0 Å². The Hall–Kier alpha value is 0.0800. The predicted octanol–water partition coefficient (Wildman–Crippen LogP) is 4.02. The van der Waals surface area contributed by atoms with E-state index in [-0.39, 0.29) is 8.27 Å². The topological polar surface area (TPSA) is 0 Å². The molecule has 15 heavy (non-hydrogen) atoms. The van der Waals surface area contributed by atoms with Crippen molar-refractivity contribution in [3.63, 3.8) is 0 Å². The van der Waals surface area contributed by atoms with Crippen molar-refractivity contribution in [2.75, 3.05) is 6.16 Å². The van der Waals surface area contributed by atoms with Crippen LogP contribution in [0.1, 0.15) is 39.0 Å². The summed E-state index contributed by atoms with van der Waals surface area (Å²) in [5.74, 6) is 0. The molecular weight excluding hydrogens is 218 g/mol. The Balaban J connectivity index is 1.93. The van der Waals surface area contributed by atoms with Gasteiger partial charge in [0.05, 0.1) is 0 Å². The fourth-order valence-corrected chi connectivity index (χ4v) is 6.04. The van der Waals surface area contributed by atoms with Crippen LogP contribution >= 0.6 is 16.5 Å². The van der Waals surface area contributed by atoms with Crippen molar-refractivity contribution in [2.24, 2.45) is 0 Å². The first kappa shape index (κ1) is 13.1. The van der Waals surface area contributed by atoms with E-state index in [4.69, 9.17) is 0 Å². The van der Waals surface area contributed by atoms with Gasteiger partial charge < -0.3 is 0 Å². The van der Waals surface area contributed by atoms with E-state index in [9.17, 15) is 0 Å². The van der Waals surface area contributed by atoms with Gasteiger partial charge in [0.25, 0.3) is 0 Å². The van der Waals surface area contributed by atoms with Crippen LogP contribution in [0.25, 0.3) is 0 Å². The van der Waals surface area contributed by atoms with E-state index in [1.807, 2.05) is 0 Å². The standard InChI is InChI=1S/C13H24P2/c1-2-3-4-5-9-12-14-15-13-10-7-6-8-11-13/h6-8,10-11,15H,2-5,9,12H2,1,14H3. The summed E-state index contributed by atoms with van der Waals surface area (Å²) >= 11 is 0. The van der Waals surface area contributed by atoms with Gasteiger partial charge in [0.2, 0.25) is 0 Å². The molecule has 0 heterocycles. The van der Waals surface area contributed by atoms with Gasteiger partial charge in [-0.15, -0.1) is 0 Å². The molecule has 1 aromatic rings. The molecule has 0 aliphatic heterocycles. The third-order valence-electron chi connectivity index (χ3n) is 2.63. The first-order valence-electron chi connectivity index (χ1n) is 6.22.